The van der Waals surface area contributed by atoms with Gasteiger partial charge in [0.15, 0.2) is 0 Å². The second-order valence-corrected chi connectivity index (χ2v) is 5.35. The van der Waals surface area contributed by atoms with Crippen molar-refractivity contribution in [1.29, 1.82) is 0 Å². The highest BCUT2D eigenvalue weighted by Crippen LogP contribution is 2.20. The molecular formula is C21H36N2S. The zero-order chi connectivity index (χ0) is 19.4. The SMILES string of the molecule is C=C.C=C(C)CC.C=C/C=C\CS.C=CCC1=C(C)CCC(N)=N1. The third-order valence-electron chi connectivity index (χ3n) is 2.85. The van der Waals surface area contributed by atoms with E-state index in [0.29, 0.717) is 0 Å². The Morgan fingerprint density at radius 1 is 1.29 bits per heavy atom. The van der Waals surface area contributed by atoms with Gasteiger partial charge in [-0.2, -0.15) is 12.6 Å². The molecule has 0 saturated heterocycles. The van der Waals surface area contributed by atoms with Gasteiger partial charge in [-0.1, -0.05) is 49.0 Å². The van der Waals surface area contributed by atoms with Gasteiger partial charge >= 0.3 is 0 Å². The molecular weight excluding hydrogens is 312 g/mol. The number of allylic oxidation sites excluding steroid dienone is 5. The summed E-state index contributed by atoms with van der Waals surface area (Å²) in [5.74, 6) is 1.55. The van der Waals surface area contributed by atoms with Crippen LogP contribution < -0.4 is 5.73 Å². The number of amidine groups is 1. The minimum atomic E-state index is 0.757. The zero-order valence-electron chi connectivity index (χ0n) is 15.9. The maximum atomic E-state index is 5.60. The summed E-state index contributed by atoms with van der Waals surface area (Å²) in [5, 5.41) is 0. The molecule has 0 aromatic carbocycles. The highest BCUT2D eigenvalue weighted by molar-refractivity contribution is 7.80. The van der Waals surface area contributed by atoms with Gasteiger partial charge in [0, 0.05) is 24.3 Å². The molecule has 1 heterocycles. The second-order valence-electron chi connectivity index (χ2n) is 4.98. The van der Waals surface area contributed by atoms with Crippen molar-refractivity contribution in [2.24, 2.45) is 10.7 Å². The Hall–Kier alpha value is -1.74. The van der Waals surface area contributed by atoms with E-state index in [2.05, 4.69) is 64.4 Å². The van der Waals surface area contributed by atoms with E-state index in [1.165, 1.54) is 11.1 Å². The van der Waals surface area contributed by atoms with Crippen molar-refractivity contribution in [3.8, 4) is 0 Å². The van der Waals surface area contributed by atoms with E-state index in [9.17, 15) is 0 Å². The molecule has 2 N–H and O–H groups in total. The van der Waals surface area contributed by atoms with Crippen molar-refractivity contribution < 1.29 is 0 Å². The quantitative estimate of drug-likeness (QED) is 0.336. The Morgan fingerprint density at radius 2 is 1.83 bits per heavy atom. The van der Waals surface area contributed by atoms with Crippen LogP contribution in [0.25, 0.3) is 0 Å². The van der Waals surface area contributed by atoms with Crippen LogP contribution in [0, 0.1) is 0 Å². The van der Waals surface area contributed by atoms with Gasteiger partial charge in [-0.3, -0.25) is 0 Å². The van der Waals surface area contributed by atoms with Gasteiger partial charge in [0.25, 0.3) is 0 Å². The van der Waals surface area contributed by atoms with Gasteiger partial charge in [0.2, 0.25) is 0 Å². The largest absolute Gasteiger partial charge is 0.387 e. The lowest BCUT2D eigenvalue weighted by Gasteiger charge is -2.12. The molecule has 1 aliphatic heterocycles. The minimum absolute atomic E-state index is 0.757. The van der Waals surface area contributed by atoms with Crippen LogP contribution in [0.1, 0.15) is 46.5 Å². The van der Waals surface area contributed by atoms with Crippen molar-refractivity contribution in [2.45, 2.75) is 46.5 Å². The summed E-state index contributed by atoms with van der Waals surface area (Å²) in [6.45, 7) is 23.1. The Morgan fingerprint density at radius 3 is 2.17 bits per heavy atom. The van der Waals surface area contributed by atoms with Gasteiger partial charge in [-0.15, -0.1) is 26.3 Å². The first-order valence-corrected chi connectivity index (χ1v) is 8.71. The van der Waals surface area contributed by atoms with Crippen LogP contribution >= 0.6 is 12.6 Å². The Labute approximate surface area is 155 Å². The predicted molar refractivity (Wildman–Crippen MR) is 118 cm³/mol. The normalized spacial score (nSPS) is 12.4. The summed E-state index contributed by atoms with van der Waals surface area (Å²) in [5.41, 5.74) is 9.30. The lowest BCUT2D eigenvalue weighted by Crippen LogP contribution is -2.15. The minimum Gasteiger partial charge on any atom is -0.387 e. The molecule has 0 aliphatic carbocycles. The van der Waals surface area contributed by atoms with E-state index >= 15 is 0 Å². The lowest BCUT2D eigenvalue weighted by atomic mass is 10.0. The number of nitrogens with zero attached hydrogens (tertiary/aromatic N) is 1. The molecule has 0 bridgehead atoms. The fourth-order valence-electron chi connectivity index (χ4n) is 1.30. The first-order valence-electron chi connectivity index (χ1n) is 8.08. The predicted octanol–water partition coefficient (Wildman–Crippen LogP) is 6.42. The molecule has 0 aromatic rings. The molecule has 3 heteroatoms. The van der Waals surface area contributed by atoms with Crippen molar-refractivity contribution in [3.05, 3.63) is 74.0 Å². The summed E-state index contributed by atoms with van der Waals surface area (Å²) < 4.78 is 0. The van der Waals surface area contributed by atoms with E-state index in [-0.39, 0.29) is 0 Å². The summed E-state index contributed by atoms with van der Waals surface area (Å²) >= 11 is 3.92. The molecule has 136 valence electrons. The molecule has 0 saturated carbocycles. The number of hydrogen-bond donors (Lipinski definition) is 2. The highest BCUT2D eigenvalue weighted by atomic mass is 32.1. The maximum absolute atomic E-state index is 5.60. The van der Waals surface area contributed by atoms with Gasteiger partial charge in [0.1, 0.15) is 0 Å². The third kappa shape index (κ3) is 20.3. The maximum Gasteiger partial charge on any atom is 0.0995 e. The van der Waals surface area contributed by atoms with Crippen molar-refractivity contribution in [1.82, 2.24) is 0 Å². The first-order chi connectivity index (χ1) is 11.4. The van der Waals surface area contributed by atoms with E-state index < -0.39 is 0 Å². The zero-order valence-corrected chi connectivity index (χ0v) is 16.7. The molecule has 2 nitrogen and oxygen atoms in total. The van der Waals surface area contributed by atoms with E-state index in [4.69, 9.17) is 5.73 Å². The molecule has 0 unspecified atom stereocenters. The van der Waals surface area contributed by atoms with Crippen LogP contribution in [-0.2, 0) is 0 Å². The second kappa shape index (κ2) is 21.3. The van der Waals surface area contributed by atoms with Crippen molar-refractivity contribution >= 4 is 18.5 Å². The van der Waals surface area contributed by atoms with E-state index in [1.54, 1.807) is 6.08 Å². The molecule has 1 aliphatic rings. The molecule has 1 rings (SSSR count). The van der Waals surface area contributed by atoms with Crippen LogP contribution in [0.4, 0.5) is 0 Å². The van der Waals surface area contributed by atoms with Crippen molar-refractivity contribution in [3.63, 3.8) is 0 Å². The number of hydrogen-bond acceptors (Lipinski definition) is 3. The van der Waals surface area contributed by atoms with Crippen LogP contribution in [0.3, 0.4) is 0 Å². The van der Waals surface area contributed by atoms with Crippen molar-refractivity contribution in [2.75, 3.05) is 5.75 Å². The summed E-state index contributed by atoms with van der Waals surface area (Å²) in [6.07, 6.45) is 11.3. The Balaban J connectivity index is -0.000000290. The summed E-state index contributed by atoms with van der Waals surface area (Å²) in [4.78, 5) is 4.26. The average Bonchev–Trinajstić information content (AvgIpc) is 2.59. The standard InChI is InChI=1S/C9H14N2.C5H8S.C5H10.C2H4/c1-3-4-8-7(2)5-6-9(10)11-8;1-2-3-4-5-6;1-4-5(2)3;1-2/h3H,1,4-6H2,2H3,(H2,10,11);2-4,6H,1,5H2;2,4H2,1,3H3;1-2H2/b;4-3-;;. The number of nitrogens with two attached hydrogens (primary N) is 1. The van der Waals surface area contributed by atoms with Gasteiger partial charge < -0.3 is 5.73 Å². The molecule has 0 fully saturated rings. The number of rotatable bonds is 5. The molecule has 0 aromatic heterocycles. The molecule has 0 spiro atoms. The monoisotopic (exact) mass is 348 g/mol. The van der Waals surface area contributed by atoms with Crippen LogP contribution in [-0.4, -0.2) is 11.6 Å². The number of thiol groups is 1. The summed E-state index contributed by atoms with van der Waals surface area (Å²) in [6, 6.07) is 0. The number of aliphatic imine (C=N–C) groups is 1. The Bertz CT molecular complexity index is 443. The smallest absolute Gasteiger partial charge is 0.0995 e. The van der Waals surface area contributed by atoms with Crippen LogP contribution in [0.2, 0.25) is 0 Å². The van der Waals surface area contributed by atoms with Gasteiger partial charge in [-0.25, -0.2) is 4.99 Å². The summed E-state index contributed by atoms with van der Waals surface area (Å²) in [7, 11) is 0. The van der Waals surface area contributed by atoms with Gasteiger partial charge in [-0.05, 0) is 26.7 Å². The van der Waals surface area contributed by atoms with Gasteiger partial charge in [0.05, 0.1) is 5.84 Å². The highest BCUT2D eigenvalue weighted by Gasteiger charge is 2.07. The average molecular weight is 349 g/mol. The fourth-order valence-corrected chi connectivity index (χ4v) is 1.42. The molecule has 0 atom stereocenters. The first kappa shape index (κ1) is 27.1. The Kier molecular flexibility index (Phi) is 24.0. The fraction of sp³-hybridized carbons (Fsp3) is 0.381. The lowest BCUT2D eigenvalue weighted by molar-refractivity contribution is 0.908. The molecule has 0 radical (unpaired) electrons. The molecule has 0 amide bonds. The third-order valence-corrected chi connectivity index (χ3v) is 3.06. The molecule has 24 heavy (non-hydrogen) atoms. The van der Waals surface area contributed by atoms with Crippen LogP contribution in [0.15, 0.2) is 79.0 Å². The van der Waals surface area contributed by atoms with E-state index in [0.717, 1.165) is 43.0 Å². The van der Waals surface area contributed by atoms with E-state index in [1.807, 2.05) is 25.2 Å². The topological polar surface area (TPSA) is 38.4 Å². The van der Waals surface area contributed by atoms with Crippen LogP contribution in [0.5, 0.6) is 0 Å².